The summed E-state index contributed by atoms with van der Waals surface area (Å²) >= 11 is 7.80. The van der Waals surface area contributed by atoms with Crippen LogP contribution in [0.25, 0.3) is 0 Å². The SMILES string of the molecule is CC(C)(C)OC(O)N1CCC(Sc2ccc(Cl)cc2)CC1. The van der Waals surface area contributed by atoms with Gasteiger partial charge in [-0.2, -0.15) is 0 Å². The lowest BCUT2D eigenvalue weighted by molar-refractivity contribution is -0.241. The van der Waals surface area contributed by atoms with Gasteiger partial charge in [0.15, 0.2) is 0 Å². The van der Waals surface area contributed by atoms with Crippen molar-refractivity contribution in [2.45, 2.75) is 55.8 Å². The van der Waals surface area contributed by atoms with E-state index in [4.69, 9.17) is 16.3 Å². The van der Waals surface area contributed by atoms with Crippen LogP contribution in [0.1, 0.15) is 33.6 Å². The number of benzene rings is 1. The zero-order chi connectivity index (χ0) is 15.5. The smallest absolute Gasteiger partial charge is 0.216 e. The summed E-state index contributed by atoms with van der Waals surface area (Å²) in [7, 11) is 0. The number of hydrogen-bond acceptors (Lipinski definition) is 4. The number of nitrogens with zero attached hydrogens (tertiary/aromatic N) is 1. The fraction of sp³-hybridized carbons (Fsp3) is 0.625. The van der Waals surface area contributed by atoms with Gasteiger partial charge in [0.05, 0.1) is 5.60 Å². The van der Waals surface area contributed by atoms with Gasteiger partial charge in [0, 0.05) is 28.3 Å². The van der Waals surface area contributed by atoms with Gasteiger partial charge in [0.1, 0.15) is 0 Å². The molecule has 0 spiro atoms. The topological polar surface area (TPSA) is 32.7 Å². The van der Waals surface area contributed by atoms with Gasteiger partial charge in [0.25, 0.3) is 0 Å². The van der Waals surface area contributed by atoms with Crippen LogP contribution in [0.4, 0.5) is 0 Å². The number of likely N-dealkylation sites (tertiary alicyclic amines) is 1. The molecular formula is C16H24ClNO2S. The summed E-state index contributed by atoms with van der Waals surface area (Å²) in [6, 6.07) is 7.99. The lowest BCUT2D eigenvalue weighted by Crippen LogP contribution is -2.46. The molecule has 1 unspecified atom stereocenters. The molecule has 1 aliphatic rings. The largest absolute Gasteiger partial charge is 0.356 e. The highest BCUT2D eigenvalue weighted by atomic mass is 35.5. The molecule has 1 heterocycles. The van der Waals surface area contributed by atoms with Gasteiger partial charge in [-0.25, -0.2) is 0 Å². The summed E-state index contributed by atoms with van der Waals surface area (Å²) < 4.78 is 5.60. The molecule has 0 aromatic heterocycles. The van der Waals surface area contributed by atoms with Crippen LogP contribution in [0.15, 0.2) is 29.2 Å². The fourth-order valence-electron chi connectivity index (χ4n) is 2.31. The summed E-state index contributed by atoms with van der Waals surface area (Å²) in [5.41, 5.74) is -0.325. The van der Waals surface area contributed by atoms with Crippen molar-refractivity contribution in [2.24, 2.45) is 0 Å². The first-order valence-electron chi connectivity index (χ1n) is 7.36. The number of piperidine rings is 1. The van der Waals surface area contributed by atoms with E-state index in [1.165, 1.54) is 4.90 Å². The van der Waals surface area contributed by atoms with Crippen LogP contribution in [0.5, 0.6) is 0 Å². The Morgan fingerprint density at radius 3 is 2.33 bits per heavy atom. The molecule has 0 radical (unpaired) electrons. The highest BCUT2D eigenvalue weighted by molar-refractivity contribution is 8.00. The summed E-state index contributed by atoms with van der Waals surface area (Å²) in [6.07, 6.45) is 1.31. The average Bonchev–Trinajstić information content (AvgIpc) is 2.40. The Morgan fingerprint density at radius 1 is 1.24 bits per heavy atom. The van der Waals surface area contributed by atoms with E-state index in [-0.39, 0.29) is 5.60 Å². The highest BCUT2D eigenvalue weighted by Crippen LogP contribution is 2.31. The van der Waals surface area contributed by atoms with Gasteiger partial charge in [0.2, 0.25) is 6.41 Å². The van der Waals surface area contributed by atoms with E-state index < -0.39 is 6.41 Å². The monoisotopic (exact) mass is 329 g/mol. The van der Waals surface area contributed by atoms with Crippen molar-refractivity contribution in [1.82, 2.24) is 4.90 Å². The molecule has 5 heteroatoms. The summed E-state index contributed by atoms with van der Waals surface area (Å²) in [4.78, 5) is 3.26. The van der Waals surface area contributed by atoms with E-state index >= 15 is 0 Å². The molecule has 1 N–H and O–H groups in total. The summed E-state index contributed by atoms with van der Waals surface area (Å²) in [5, 5.41) is 11.5. The second-order valence-electron chi connectivity index (χ2n) is 6.36. The maximum atomic E-state index is 10.1. The van der Waals surface area contributed by atoms with Crippen LogP contribution in [0.3, 0.4) is 0 Å². The predicted molar refractivity (Wildman–Crippen MR) is 88.7 cm³/mol. The minimum absolute atomic E-state index is 0.325. The molecule has 118 valence electrons. The molecule has 1 aliphatic heterocycles. The quantitative estimate of drug-likeness (QED) is 0.847. The number of thioether (sulfide) groups is 1. The third kappa shape index (κ3) is 5.80. The molecule has 0 bridgehead atoms. The van der Waals surface area contributed by atoms with Crippen molar-refractivity contribution in [3.8, 4) is 0 Å². The first-order chi connectivity index (χ1) is 9.83. The average molecular weight is 330 g/mol. The normalized spacial score (nSPS) is 19.7. The van der Waals surface area contributed by atoms with Crippen molar-refractivity contribution in [3.63, 3.8) is 0 Å². The molecule has 1 fully saturated rings. The molecule has 3 nitrogen and oxygen atoms in total. The predicted octanol–water partition coefficient (Wildman–Crippen LogP) is 3.99. The van der Waals surface area contributed by atoms with E-state index in [1.54, 1.807) is 0 Å². The Balaban J connectivity index is 1.79. The Bertz CT molecular complexity index is 439. The van der Waals surface area contributed by atoms with Gasteiger partial charge in [-0.3, -0.25) is 4.90 Å². The molecule has 0 aliphatic carbocycles. The van der Waals surface area contributed by atoms with E-state index in [2.05, 4.69) is 12.1 Å². The van der Waals surface area contributed by atoms with Crippen LogP contribution >= 0.6 is 23.4 Å². The molecule has 0 saturated carbocycles. The molecule has 0 amide bonds. The molecule has 1 atom stereocenters. The number of aliphatic hydroxyl groups excluding tert-OH is 1. The van der Waals surface area contributed by atoms with Crippen molar-refractivity contribution >= 4 is 23.4 Å². The van der Waals surface area contributed by atoms with Gasteiger partial charge in [-0.1, -0.05) is 11.6 Å². The van der Waals surface area contributed by atoms with E-state index in [1.807, 2.05) is 49.6 Å². The summed E-state index contributed by atoms with van der Waals surface area (Å²) in [5.74, 6) is 0. The van der Waals surface area contributed by atoms with E-state index in [9.17, 15) is 5.11 Å². The van der Waals surface area contributed by atoms with Crippen molar-refractivity contribution in [1.29, 1.82) is 0 Å². The molecule has 21 heavy (non-hydrogen) atoms. The van der Waals surface area contributed by atoms with E-state index in [0.717, 1.165) is 31.0 Å². The number of rotatable bonds is 4. The minimum atomic E-state index is -0.800. The standard InChI is InChI=1S/C16H24ClNO2S/c1-16(2,3)20-15(19)18-10-8-14(9-11-18)21-13-6-4-12(17)5-7-13/h4-7,14-15,19H,8-11H2,1-3H3. The highest BCUT2D eigenvalue weighted by Gasteiger charge is 2.27. The Morgan fingerprint density at radius 2 is 1.81 bits per heavy atom. The fourth-order valence-corrected chi connectivity index (χ4v) is 3.56. The van der Waals surface area contributed by atoms with Gasteiger partial charge < -0.3 is 9.84 Å². The molecular weight excluding hydrogens is 306 g/mol. The third-order valence-corrected chi connectivity index (χ3v) is 4.97. The van der Waals surface area contributed by atoms with Crippen LogP contribution in [0.2, 0.25) is 5.02 Å². The molecule has 1 saturated heterocycles. The van der Waals surface area contributed by atoms with Crippen LogP contribution in [0, 0.1) is 0 Å². The van der Waals surface area contributed by atoms with Gasteiger partial charge >= 0.3 is 0 Å². The minimum Gasteiger partial charge on any atom is -0.356 e. The third-order valence-electron chi connectivity index (χ3n) is 3.36. The number of ether oxygens (including phenoxy) is 1. The number of halogens is 1. The first kappa shape index (κ1) is 17.1. The number of hydrogen-bond donors (Lipinski definition) is 1. The van der Waals surface area contributed by atoms with Crippen molar-refractivity contribution in [3.05, 3.63) is 29.3 Å². The molecule has 1 aromatic carbocycles. The van der Waals surface area contributed by atoms with E-state index in [0.29, 0.717) is 5.25 Å². The molecule has 2 rings (SSSR count). The van der Waals surface area contributed by atoms with Crippen LogP contribution in [-0.2, 0) is 4.74 Å². The second kappa shape index (κ2) is 7.34. The Labute approximate surface area is 136 Å². The number of aliphatic hydroxyl groups is 1. The first-order valence-corrected chi connectivity index (χ1v) is 8.61. The van der Waals surface area contributed by atoms with Crippen molar-refractivity contribution in [2.75, 3.05) is 13.1 Å². The second-order valence-corrected chi connectivity index (χ2v) is 8.17. The maximum Gasteiger partial charge on any atom is 0.216 e. The van der Waals surface area contributed by atoms with Crippen LogP contribution in [-0.4, -0.2) is 40.4 Å². The maximum absolute atomic E-state index is 10.1. The zero-order valence-corrected chi connectivity index (χ0v) is 14.5. The Kier molecular flexibility index (Phi) is 5.97. The Hall–Kier alpha value is -0.260. The zero-order valence-electron chi connectivity index (χ0n) is 12.9. The lowest BCUT2D eigenvalue weighted by Gasteiger charge is -2.37. The van der Waals surface area contributed by atoms with Crippen molar-refractivity contribution < 1.29 is 9.84 Å². The van der Waals surface area contributed by atoms with Crippen LogP contribution < -0.4 is 0 Å². The van der Waals surface area contributed by atoms with Gasteiger partial charge in [-0.15, -0.1) is 11.8 Å². The summed E-state index contributed by atoms with van der Waals surface area (Å²) in [6.45, 7) is 7.60. The van der Waals surface area contributed by atoms with Gasteiger partial charge in [-0.05, 0) is 57.9 Å². The molecule has 1 aromatic rings. The lowest BCUT2D eigenvalue weighted by atomic mass is 10.1.